The van der Waals surface area contributed by atoms with Gasteiger partial charge in [0.1, 0.15) is 11.6 Å². The van der Waals surface area contributed by atoms with Gasteiger partial charge in [0, 0.05) is 5.75 Å². The highest BCUT2D eigenvalue weighted by Crippen LogP contribution is 2.32. The Kier molecular flexibility index (Phi) is 5.93. The normalized spacial score (nSPS) is 10.6. The van der Waals surface area contributed by atoms with E-state index in [1.807, 2.05) is 18.2 Å². The van der Waals surface area contributed by atoms with Crippen LogP contribution < -0.4 is 4.74 Å². The maximum Gasteiger partial charge on any atom is 0.213 e. The van der Waals surface area contributed by atoms with Gasteiger partial charge in [-0.15, -0.1) is 0 Å². The topological polar surface area (TPSA) is 53.7 Å². The van der Waals surface area contributed by atoms with Crippen LogP contribution in [0, 0.1) is 4.77 Å². The van der Waals surface area contributed by atoms with Crippen molar-refractivity contribution in [1.29, 1.82) is 0 Å². The van der Waals surface area contributed by atoms with Gasteiger partial charge in [0.2, 0.25) is 4.77 Å². The molecular formula is C11H11Br2N3OS2. The molecule has 0 aliphatic rings. The molecule has 4 nitrogen and oxygen atoms in total. The van der Waals surface area contributed by atoms with Gasteiger partial charge in [-0.05, 0) is 56.2 Å². The number of benzene rings is 1. The van der Waals surface area contributed by atoms with Crippen LogP contribution in [0.2, 0.25) is 0 Å². The third kappa shape index (κ3) is 4.62. The number of hydrogen-bond acceptors (Lipinski definition) is 4. The predicted molar refractivity (Wildman–Crippen MR) is 87.3 cm³/mol. The predicted octanol–water partition coefficient (Wildman–Crippen LogP) is 4.30. The minimum absolute atomic E-state index is 0.490. The fraction of sp³-hybridized carbons (Fsp3) is 0.273. The van der Waals surface area contributed by atoms with Crippen LogP contribution in [-0.2, 0) is 5.75 Å². The van der Waals surface area contributed by atoms with Crippen molar-refractivity contribution in [1.82, 2.24) is 15.2 Å². The summed E-state index contributed by atoms with van der Waals surface area (Å²) < 4.78 is 8.12. The Hall–Kier alpha value is -0.310. The van der Waals surface area contributed by atoms with Crippen LogP contribution >= 0.6 is 55.8 Å². The Bertz CT molecular complexity index is 579. The summed E-state index contributed by atoms with van der Waals surface area (Å²) in [4.78, 5) is 4.12. The Morgan fingerprint density at radius 1 is 1.26 bits per heavy atom. The number of H-pyrrole nitrogens is 2. The zero-order chi connectivity index (χ0) is 13.7. The Morgan fingerprint density at radius 2 is 2.00 bits per heavy atom. The van der Waals surface area contributed by atoms with Crippen molar-refractivity contribution in [3.63, 3.8) is 0 Å². The molecule has 0 bridgehead atoms. The number of ether oxygens (including phenoxy) is 1. The molecule has 0 amide bonds. The van der Waals surface area contributed by atoms with Gasteiger partial charge < -0.3 is 4.74 Å². The number of hydrogen-bond donors (Lipinski definition) is 2. The van der Waals surface area contributed by atoms with Gasteiger partial charge in [-0.25, -0.2) is 4.98 Å². The lowest BCUT2D eigenvalue weighted by molar-refractivity contribution is 0.339. The molecule has 0 radical (unpaired) electrons. The van der Waals surface area contributed by atoms with Crippen molar-refractivity contribution in [3.05, 3.63) is 37.7 Å². The quantitative estimate of drug-likeness (QED) is 0.536. The minimum Gasteiger partial charge on any atom is -0.490 e. The summed E-state index contributed by atoms with van der Waals surface area (Å²) in [6.45, 7) is 0.636. The van der Waals surface area contributed by atoms with Gasteiger partial charge in [-0.3, -0.25) is 10.2 Å². The SMILES string of the molecule is S=c1nc(CSCCOc2c(Br)cccc2Br)[nH][nH]1. The van der Waals surface area contributed by atoms with Crippen LogP contribution in [-0.4, -0.2) is 27.5 Å². The molecule has 0 spiro atoms. The highest BCUT2D eigenvalue weighted by atomic mass is 79.9. The summed E-state index contributed by atoms with van der Waals surface area (Å²) in [5, 5.41) is 5.69. The average molecular weight is 425 g/mol. The van der Waals surface area contributed by atoms with E-state index in [2.05, 4.69) is 47.0 Å². The monoisotopic (exact) mass is 423 g/mol. The van der Waals surface area contributed by atoms with E-state index in [4.69, 9.17) is 17.0 Å². The number of nitrogens with zero attached hydrogens (tertiary/aromatic N) is 1. The fourth-order valence-electron chi connectivity index (χ4n) is 1.36. The number of rotatable bonds is 6. The molecule has 0 atom stereocenters. The lowest BCUT2D eigenvalue weighted by atomic mass is 10.3. The van der Waals surface area contributed by atoms with Crippen molar-refractivity contribution >= 4 is 55.8 Å². The molecule has 0 aliphatic heterocycles. The van der Waals surface area contributed by atoms with E-state index in [9.17, 15) is 0 Å². The molecule has 1 heterocycles. The highest BCUT2D eigenvalue weighted by Gasteiger charge is 2.05. The average Bonchev–Trinajstić information content (AvgIpc) is 2.78. The number of aromatic amines is 2. The lowest BCUT2D eigenvalue weighted by Crippen LogP contribution is -2.02. The second-order valence-electron chi connectivity index (χ2n) is 3.57. The first-order valence-electron chi connectivity index (χ1n) is 5.45. The summed E-state index contributed by atoms with van der Waals surface area (Å²) in [6.07, 6.45) is 0. The van der Waals surface area contributed by atoms with Crippen LogP contribution in [0.5, 0.6) is 5.75 Å². The first kappa shape index (κ1) is 15.1. The van der Waals surface area contributed by atoms with Gasteiger partial charge in [0.05, 0.1) is 21.3 Å². The van der Waals surface area contributed by atoms with E-state index in [0.717, 1.165) is 32.0 Å². The molecule has 0 unspecified atom stereocenters. The molecule has 2 aromatic rings. The van der Waals surface area contributed by atoms with Crippen molar-refractivity contribution in [2.75, 3.05) is 12.4 Å². The van der Waals surface area contributed by atoms with Crippen LogP contribution in [0.15, 0.2) is 27.1 Å². The van der Waals surface area contributed by atoms with Gasteiger partial charge >= 0.3 is 0 Å². The van der Waals surface area contributed by atoms with E-state index in [1.165, 1.54) is 0 Å². The number of para-hydroxylation sites is 1. The summed E-state index contributed by atoms with van der Waals surface area (Å²) in [5.74, 6) is 3.36. The summed E-state index contributed by atoms with van der Waals surface area (Å²) in [7, 11) is 0. The highest BCUT2D eigenvalue weighted by molar-refractivity contribution is 9.11. The van der Waals surface area contributed by atoms with Crippen LogP contribution in [0.1, 0.15) is 5.82 Å². The molecule has 0 saturated heterocycles. The maximum absolute atomic E-state index is 5.74. The second kappa shape index (κ2) is 7.47. The van der Waals surface area contributed by atoms with Crippen molar-refractivity contribution in [2.24, 2.45) is 0 Å². The summed E-state index contributed by atoms with van der Waals surface area (Å²) in [5.41, 5.74) is 0. The van der Waals surface area contributed by atoms with Gasteiger partial charge in [-0.2, -0.15) is 11.8 Å². The van der Waals surface area contributed by atoms with Crippen LogP contribution in [0.25, 0.3) is 0 Å². The molecule has 102 valence electrons. The zero-order valence-corrected chi connectivity index (χ0v) is 14.6. The molecule has 1 aromatic carbocycles. The maximum atomic E-state index is 5.74. The molecule has 2 rings (SSSR count). The number of thioether (sulfide) groups is 1. The van der Waals surface area contributed by atoms with Crippen LogP contribution in [0.4, 0.5) is 0 Å². The first-order valence-corrected chi connectivity index (χ1v) is 8.60. The largest absolute Gasteiger partial charge is 0.490 e. The van der Waals surface area contributed by atoms with E-state index in [-0.39, 0.29) is 0 Å². The number of aromatic nitrogens is 3. The molecule has 2 N–H and O–H groups in total. The summed E-state index contributed by atoms with van der Waals surface area (Å²) in [6, 6.07) is 5.86. The standard InChI is InChI=1S/C11H11Br2N3OS2/c12-7-2-1-3-8(13)10(7)17-4-5-19-6-9-14-11(18)16-15-9/h1-3H,4-6H2,(H2,14,15,16,18). The zero-order valence-electron chi connectivity index (χ0n) is 9.78. The Balaban J connectivity index is 1.74. The Morgan fingerprint density at radius 3 is 2.63 bits per heavy atom. The Labute approximate surface area is 137 Å². The summed E-state index contributed by atoms with van der Waals surface area (Å²) >= 11 is 13.5. The third-order valence-corrected chi connectivity index (χ3v) is 4.56. The molecule has 0 aliphatic carbocycles. The fourth-order valence-corrected chi connectivity index (χ4v) is 3.43. The smallest absolute Gasteiger partial charge is 0.213 e. The minimum atomic E-state index is 0.490. The first-order chi connectivity index (χ1) is 9.16. The number of nitrogens with one attached hydrogen (secondary N) is 2. The molecule has 19 heavy (non-hydrogen) atoms. The van der Waals surface area contributed by atoms with Crippen LogP contribution in [0.3, 0.4) is 0 Å². The molecular weight excluding hydrogens is 414 g/mol. The van der Waals surface area contributed by atoms with Crippen molar-refractivity contribution in [2.45, 2.75) is 5.75 Å². The van der Waals surface area contributed by atoms with E-state index >= 15 is 0 Å². The number of halogens is 2. The van der Waals surface area contributed by atoms with E-state index < -0.39 is 0 Å². The van der Waals surface area contributed by atoms with Crippen molar-refractivity contribution < 1.29 is 4.74 Å². The molecule has 1 aromatic heterocycles. The molecule has 0 fully saturated rings. The van der Waals surface area contributed by atoms with Gasteiger partial charge in [-0.1, -0.05) is 6.07 Å². The van der Waals surface area contributed by atoms with Gasteiger partial charge in [0.25, 0.3) is 0 Å². The molecule has 0 saturated carbocycles. The van der Waals surface area contributed by atoms with E-state index in [1.54, 1.807) is 11.8 Å². The lowest BCUT2D eigenvalue weighted by Gasteiger charge is -2.09. The van der Waals surface area contributed by atoms with E-state index in [0.29, 0.717) is 11.4 Å². The van der Waals surface area contributed by atoms with Crippen molar-refractivity contribution in [3.8, 4) is 5.75 Å². The second-order valence-corrected chi connectivity index (χ2v) is 6.77. The molecule has 8 heteroatoms. The van der Waals surface area contributed by atoms with Gasteiger partial charge in [0.15, 0.2) is 0 Å². The third-order valence-electron chi connectivity index (χ3n) is 2.18.